The van der Waals surface area contributed by atoms with E-state index in [1.807, 2.05) is 24.3 Å². The van der Waals surface area contributed by atoms with Gasteiger partial charge in [0.2, 0.25) is 0 Å². The van der Waals surface area contributed by atoms with E-state index >= 15 is 0 Å². The number of phosphoric acid groups is 1. The maximum Gasteiger partial charge on any atom is 0.472 e. The average molecular weight is 861 g/mol. The number of thioether (sulfide) groups is 1. The van der Waals surface area contributed by atoms with Crippen molar-refractivity contribution in [3.8, 4) is 0 Å². The Labute approximate surface area is 353 Å². The van der Waals surface area contributed by atoms with Gasteiger partial charge in [-0.05, 0) is 38.5 Å². The van der Waals surface area contributed by atoms with Gasteiger partial charge in [0.15, 0.2) is 6.10 Å². The highest BCUT2D eigenvalue weighted by atomic mass is 32.2. The number of carbonyl (C=O) groups excluding carboxylic acids is 2. The molecule has 0 amide bonds. The maximum absolute atomic E-state index is 13.1. The van der Waals surface area contributed by atoms with Crippen molar-refractivity contribution >= 4 is 37.5 Å². The van der Waals surface area contributed by atoms with Crippen LogP contribution in [0.25, 0.3) is 0 Å². The summed E-state index contributed by atoms with van der Waals surface area (Å²) < 4.78 is 32.8. The number of rotatable bonds is 40. The van der Waals surface area contributed by atoms with E-state index < -0.39 is 62.4 Å². The Morgan fingerprint density at radius 1 is 0.759 bits per heavy atom. The van der Waals surface area contributed by atoms with Crippen LogP contribution in [0, 0.1) is 0 Å². The normalized spacial score (nSPS) is 15.3. The van der Waals surface area contributed by atoms with Crippen molar-refractivity contribution in [3.05, 3.63) is 48.6 Å². The second-order valence-corrected chi connectivity index (χ2v) is 17.1. The summed E-state index contributed by atoms with van der Waals surface area (Å²) >= 11 is 1.20. The molecule has 58 heavy (non-hydrogen) atoms. The predicted molar refractivity (Wildman–Crippen MR) is 234 cm³/mol. The predicted octanol–water partition coefficient (Wildman–Crippen LogP) is 8.87. The molecule has 336 valence electrons. The molecule has 0 saturated carbocycles. The standard InChI is InChI=1S/C43H77N2O11PS/c1-3-5-7-9-11-13-15-17-19-21-23-25-29-40(39(46)28-27-30-41(47)48)58-36-38(45)43(50)56-37(35-55-57(51,52)54-33-32-44)34-53-42(49)31-26-24-22-20-18-16-14-12-10-8-6-4-2/h11,13,17,19,21,23,25,29,37-40,46H,3-10,12,14-16,18,20,22,24,26-28,30-36,44-45H2,1-2H3,(H,47,48)(H,51,52)/b13-11-,19-17-,23-21+,29-25+/t37-,38+,39+,40-/m1/s1. The van der Waals surface area contributed by atoms with Crippen molar-refractivity contribution in [2.45, 2.75) is 172 Å². The summed E-state index contributed by atoms with van der Waals surface area (Å²) in [5.41, 5.74) is 11.5. The van der Waals surface area contributed by atoms with Crippen molar-refractivity contribution in [2.24, 2.45) is 11.5 Å². The second kappa shape index (κ2) is 38.9. The molecule has 13 nitrogen and oxygen atoms in total. The molecule has 1 unspecified atom stereocenters. The first kappa shape index (κ1) is 55.7. The highest BCUT2D eigenvalue weighted by Crippen LogP contribution is 2.43. The lowest BCUT2D eigenvalue weighted by molar-refractivity contribution is -0.161. The third-order valence-electron chi connectivity index (χ3n) is 8.97. The number of allylic oxidation sites excluding steroid dienone is 7. The van der Waals surface area contributed by atoms with Crippen molar-refractivity contribution in [1.29, 1.82) is 0 Å². The van der Waals surface area contributed by atoms with Crippen LogP contribution in [0.2, 0.25) is 0 Å². The lowest BCUT2D eigenvalue weighted by Crippen LogP contribution is -2.40. The van der Waals surface area contributed by atoms with Crippen LogP contribution >= 0.6 is 19.6 Å². The number of aliphatic hydroxyl groups is 1. The monoisotopic (exact) mass is 860 g/mol. The SMILES string of the molecule is CCCCC/C=C\C\C=C/C=C/C=C/[C@@H](SC[C@H](N)C(=O)O[C@H](COC(=O)CCCCCCCCCCCCCC)COP(=O)(O)OCCN)[C@@H](O)CCCC(=O)O. The molecule has 15 heteroatoms. The zero-order chi connectivity index (χ0) is 43.1. The minimum absolute atomic E-state index is 0.0163. The molecule has 0 saturated heterocycles. The summed E-state index contributed by atoms with van der Waals surface area (Å²) in [6, 6.07) is -1.19. The molecule has 0 aromatic carbocycles. The zero-order valence-corrected chi connectivity index (χ0v) is 37.1. The van der Waals surface area contributed by atoms with Crippen LogP contribution in [0.4, 0.5) is 0 Å². The van der Waals surface area contributed by atoms with Gasteiger partial charge in [0.25, 0.3) is 0 Å². The molecule has 0 radical (unpaired) electrons. The van der Waals surface area contributed by atoms with E-state index in [2.05, 4.69) is 26.0 Å². The van der Waals surface area contributed by atoms with Gasteiger partial charge < -0.3 is 36.0 Å². The number of aliphatic carboxylic acids is 1. The third-order valence-corrected chi connectivity index (χ3v) is 11.4. The Balaban J connectivity index is 5.17. The van der Waals surface area contributed by atoms with Gasteiger partial charge in [-0.3, -0.25) is 23.4 Å². The Morgan fingerprint density at radius 3 is 2.02 bits per heavy atom. The molecule has 0 spiro atoms. The summed E-state index contributed by atoms with van der Waals surface area (Å²) in [4.78, 5) is 46.6. The van der Waals surface area contributed by atoms with E-state index in [9.17, 15) is 28.9 Å². The molecule has 0 aliphatic carbocycles. The summed E-state index contributed by atoms with van der Waals surface area (Å²) in [6.45, 7) is 3.10. The highest BCUT2D eigenvalue weighted by molar-refractivity contribution is 8.00. The summed E-state index contributed by atoms with van der Waals surface area (Å²) in [7, 11) is -4.53. The molecule has 0 fully saturated rings. The molecule has 0 rings (SSSR count). The molecular formula is C43H77N2O11PS. The topological polar surface area (TPSA) is 218 Å². The number of unbranched alkanes of at least 4 members (excludes halogenated alkanes) is 14. The minimum Gasteiger partial charge on any atom is -0.481 e. The second-order valence-electron chi connectivity index (χ2n) is 14.4. The fourth-order valence-electron chi connectivity index (χ4n) is 5.59. The Bertz CT molecular complexity index is 1220. The van der Waals surface area contributed by atoms with Crippen molar-refractivity contribution in [3.63, 3.8) is 0 Å². The number of hydrogen-bond acceptors (Lipinski definition) is 12. The van der Waals surface area contributed by atoms with Crippen LogP contribution in [0.5, 0.6) is 0 Å². The number of carboxylic acid groups (broad SMARTS) is 1. The molecule has 0 aliphatic heterocycles. The van der Waals surface area contributed by atoms with Crippen LogP contribution in [-0.2, 0) is 37.5 Å². The van der Waals surface area contributed by atoms with Crippen molar-refractivity contribution in [2.75, 3.05) is 32.1 Å². The summed E-state index contributed by atoms with van der Waals surface area (Å²) in [5.74, 6) is -2.31. The molecule has 0 bridgehead atoms. The minimum atomic E-state index is -4.53. The van der Waals surface area contributed by atoms with Gasteiger partial charge in [-0.25, -0.2) is 4.57 Å². The Hall–Kier alpha value is -2.29. The van der Waals surface area contributed by atoms with E-state index in [1.54, 1.807) is 12.2 Å². The maximum atomic E-state index is 13.1. The van der Waals surface area contributed by atoms with E-state index in [0.29, 0.717) is 6.42 Å². The first-order valence-corrected chi connectivity index (χ1v) is 24.1. The zero-order valence-electron chi connectivity index (χ0n) is 35.4. The Kier molecular flexibility index (Phi) is 37.3. The first-order chi connectivity index (χ1) is 27.9. The number of nitrogens with two attached hydrogens (primary N) is 2. The molecular weight excluding hydrogens is 784 g/mol. The lowest BCUT2D eigenvalue weighted by Gasteiger charge is -2.23. The molecule has 5 atom stereocenters. The first-order valence-electron chi connectivity index (χ1n) is 21.6. The summed E-state index contributed by atoms with van der Waals surface area (Å²) in [6.07, 6.45) is 33.3. The third kappa shape index (κ3) is 35.6. The summed E-state index contributed by atoms with van der Waals surface area (Å²) in [5, 5.41) is 19.4. The lowest BCUT2D eigenvalue weighted by atomic mass is 10.0. The van der Waals surface area contributed by atoms with Crippen LogP contribution in [0.15, 0.2) is 48.6 Å². The van der Waals surface area contributed by atoms with E-state index in [4.69, 9.17) is 35.1 Å². The molecule has 0 aliphatic rings. The number of carbonyl (C=O) groups is 3. The van der Waals surface area contributed by atoms with E-state index in [0.717, 1.165) is 32.1 Å². The average Bonchev–Trinajstić information content (AvgIpc) is 3.19. The van der Waals surface area contributed by atoms with Crippen LogP contribution in [0.1, 0.15) is 149 Å². The smallest absolute Gasteiger partial charge is 0.472 e. The Morgan fingerprint density at radius 2 is 1.38 bits per heavy atom. The van der Waals surface area contributed by atoms with Crippen molar-refractivity contribution < 1.29 is 52.6 Å². The fraction of sp³-hybridized carbons (Fsp3) is 0.744. The van der Waals surface area contributed by atoms with Crippen molar-refractivity contribution in [1.82, 2.24) is 0 Å². The quantitative estimate of drug-likeness (QED) is 0.0128. The van der Waals surface area contributed by atoms with E-state index in [1.165, 1.54) is 82.4 Å². The van der Waals surface area contributed by atoms with Crippen LogP contribution in [0.3, 0.4) is 0 Å². The van der Waals surface area contributed by atoms with Crippen LogP contribution in [-0.4, -0.2) is 88.6 Å². The number of hydrogen-bond donors (Lipinski definition) is 5. The van der Waals surface area contributed by atoms with E-state index in [-0.39, 0.29) is 44.6 Å². The van der Waals surface area contributed by atoms with Gasteiger partial charge in [0.05, 0.1) is 19.3 Å². The van der Waals surface area contributed by atoms with Gasteiger partial charge in [-0.1, -0.05) is 146 Å². The molecule has 0 aromatic heterocycles. The van der Waals surface area contributed by atoms with Gasteiger partial charge in [0, 0.05) is 30.4 Å². The molecule has 7 N–H and O–H groups in total. The van der Waals surface area contributed by atoms with Crippen LogP contribution < -0.4 is 11.5 Å². The largest absolute Gasteiger partial charge is 0.481 e. The molecule has 0 aromatic rings. The van der Waals surface area contributed by atoms with Gasteiger partial charge in [-0.2, -0.15) is 0 Å². The highest BCUT2D eigenvalue weighted by Gasteiger charge is 2.28. The number of ether oxygens (including phenoxy) is 2. The van der Waals surface area contributed by atoms with Gasteiger partial charge in [0.1, 0.15) is 12.6 Å². The van der Waals surface area contributed by atoms with Gasteiger partial charge in [-0.15, -0.1) is 11.8 Å². The number of carboxylic acids is 1. The number of esters is 2. The molecule has 0 heterocycles. The van der Waals surface area contributed by atoms with Gasteiger partial charge >= 0.3 is 25.7 Å². The fourth-order valence-corrected chi connectivity index (χ4v) is 7.48. The number of phosphoric ester groups is 1. The number of aliphatic hydroxyl groups excluding tert-OH is 1.